The van der Waals surface area contributed by atoms with E-state index >= 15 is 0 Å². The van der Waals surface area contributed by atoms with Gasteiger partial charge in [-0.2, -0.15) is 0 Å². The molecule has 176 valence electrons. The number of nitrogens with zero attached hydrogens (tertiary/aromatic N) is 1. The molecular formula is C31H29NO3. The highest BCUT2D eigenvalue weighted by molar-refractivity contribution is 6.22. The number of fused-ring (bicyclic) bond motifs is 3. The normalized spacial score (nSPS) is 11.9. The molecule has 2 N–H and O–H groups in total. The van der Waals surface area contributed by atoms with E-state index in [1.165, 1.54) is 11.1 Å². The number of benzene rings is 4. The third-order valence-electron chi connectivity index (χ3n) is 6.60. The fourth-order valence-corrected chi connectivity index (χ4v) is 4.79. The van der Waals surface area contributed by atoms with Gasteiger partial charge in [0.05, 0.1) is 0 Å². The second kappa shape index (κ2) is 10.3. The fourth-order valence-electron chi connectivity index (χ4n) is 4.79. The van der Waals surface area contributed by atoms with E-state index in [-0.39, 0.29) is 19.0 Å². The molecule has 4 heteroatoms. The van der Waals surface area contributed by atoms with E-state index in [2.05, 4.69) is 59.5 Å². The number of anilines is 3. The van der Waals surface area contributed by atoms with Crippen LogP contribution in [0.3, 0.4) is 0 Å². The Morgan fingerprint density at radius 1 is 0.543 bits per heavy atom. The quantitative estimate of drug-likeness (QED) is 0.273. The Morgan fingerprint density at radius 3 is 1.57 bits per heavy atom. The first-order valence-electron chi connectivity index (χ1n) is 12.2. The van der Waals surface area contributed by atoms with E-state index in [1.54, 1.807) is 0 Å². The number of carbonyl (C=O) groups is 1. The van der Waals surface area contributed by atoms with Crippen LogP contribution in [0.25, 0.3) is 11.1 Å². The molecule has 1 aliphatic carbocycles. The number of rotatable bonds is 9. The highest BCUT2D eigenvalue weighted by Crippen LogP contribution is 2.41. The molecule has 0 amide bonds. The van der Waals surface area contributed by atoms with Crippen LogP contribution in [0.4, 0.5) is 17.1 Å². The summed E-state index contributed by atoms with van der Waals surface area (Å²) in [6.45, 7) is 0.365. The third-order valence-corrected chi connectivity index (χ3v) is 6.60. The Labute approximate surface area is 206 Å². The number of ketones is 1. The number of aliphatic hydroxyl groups is 2. The lowest BCUT2D eigenvalue weighted by atomic mass is 10.0. The molecule has 0 unspecified atom stereocenters. The van der Waals surface area contributed by atoms with Crippen LogP contribution < -0.4 is 4.90 Å². The van der Waals surface area contributed by atoms with Gasteiger partial charge in [0, 0.05) is 41.4 Å². The Morgan fingerprint density at radius 2 is 1.03 bits per heavy atom. The predicted octanol–water partition coefficient (Wildman–Crippen LogP) is 6.22. The van der Waals surface area contributed by atoms with E-state index < -0.39 is 0 Å². The molecule has 0 bridgehead atoms. The van der Waals surface area contributed by atoms with Crippen molar-refractivity contribution < 1.29 is 15.0 Å². The topological polar surface area (TPSA) is 60.8 Å². The average molecular weight is 464 g/mol. The summed E-state index contributed by atoms with van der Waals surface area (Å²) in [5, 5.41) is 18.3. The molecule has 4 aromatic rings. The summed E-state index contributed by atoms with van der Waals surface area (Å²) in [6, 6.07) is 30.7. The van der Waals surface area contributed by atoms with Crippen LogP contribution in [0, 0.1) is 0 Å². The zero-order chi connectivity index (χ0) is 24.2. The van der Waals surface area contributed by atoms with Gasteiger partial charge in [0.25, 0.3) is 0 Å². The molecule has 4 nitrogen and oxygen atoms in total. The summed E-state index contributed by atoms with van der Waals surface area (Å²) in [5.74, 6) is 0.0658. The van der Waals surface area contributed by atoms with Crippen molar-refractivity contribution in [3.05, 3.63) is 113 Å². The second-order valence-corrected chi connectivity index (χ2v) is 8.93. The van der Waals surface area contributed by atoms with Gasteiger partial charge in [-0.1, -0.05) is 54.6 Å². The van der Waals surface area contributed by atoms with E-state index in [4.69, 9.17) is 10.2 Å². The molecule has 1 aliphatic rings. The van der Waals surface area contributed by atoms with Crippen LogP contribution >= 0.6 is 0 Å². The van der Waals surface area contributed by atoms with Gasteiger partial charge in [-0.3, -0.25) is 4.79 Å². The largest absolute Gasteiger partial charge is 0.396 e. The van der Waals surface area contributed by atoms with Gasteiger partial charge in [-0.25, -0.2) is 0 Å². The second-order valence-electron chi connectivity index (χ2n) is 8.93. The predicted molar refractivity (Wildman–Crippen MR) is 141 cm³/mol. The minimum atomic E-state index is 0.0658. The first-order chi connectivity index (χ1) is 17.2. The van der Waals surface area contributed by atoms with Crippen molar-refractivity contribution >= 4 is 22.8 Å². The molecule has 4 aromatic carbocycles. The molecule has 0 saturated heterocycles. The minimum Gasteiger partial charge on any atom is -0.396 e. The summed E-state index contributed by atoms with van der Waals surface area (Å²) >= 11 is 0. The third kappa shape index (κ3) is 4.63. The average Bonchev–Trinajstić information content (AvgIpc) is 3.19. The highest BCUT2D eigenvalue weighted by Gasteiger charge is 2.27. The summed E-state index contributed by atoms with van der Waals surface area (Å²) in [4.78, 5) is 15.3. The van der Waals surface area contributed by atoms with Gasteiger partial charge in [0.15, 0.2) is 5.78 Å². The van der Waals surface area contributed by atoms with Crippen molar-refractivity contribution in [3.63, 3.8) is 0 Å². The number of hydrogen-bond donors (Lipinski definition) is 2. The molecule has 0 heterocycles. The van der Waals surface area contributed by atoms with Crippen LogP contribution in [0.2, 0.25) is 0 Å². The van der Waals surface area contributed by atoms with Crippen molar-refractivity contribution in [2.45, 2.75) is 25.7 Å². The maximum absolute atomic E-state index is 13.2. The number of aryl methyl sites for hydroxylation is 2. The lowest BCUT2D eigenvalue weighted by molar-refractivity contribution is 0.104. The van der Waals surface area contributed by atoms with Gasteiger partial charge in [-0.15, -0.1) is 0 Å². The summed E-state index contributed by atoms with van der Waals surface area (Å²) < 4.78 is 0. The summed E-state index contributed by atoms with van der Waals surface area (Å²) in [5.41, 5.74) is 8.76. The zero-order valence-corrected chi connectivity index (χ0v) is 19.7. The molecule has 0 radical (unpaired) electrons. The Hall–Kier alpha value is -3.73. The molecule has 0 atom stereocenters. The smallest absolute Gasteiger partial charge is 0.194 e. The lowest BCUT2D eigenvalue weighted by Crippen LogP contribution is -2.11. The monoisotopic (exact) mass is 463 g/mol. The van der Waals surface area contributed by atoms with E-state index in [0.29, 0.717) is 0 Å². The molecule has 0 aliphatic heterocycles. The first kappa shape index (κ1) is 23.0. The van der Waals surface area contributed by atoms with Gasteiger partial charge in [0.1, 0.15) is 0 Å². The van der Waals surface area contributed by atoms with Gasteiger partial charge < -0.3 is 15.1 Å². The molecule has 35 heavy (non-hydrogen) atoms. The maximum Gasteiger partial charge on any atom is 0.194 e. The summed E-state index contributed by atoms with van der Waals surface area (Å²) in [6.07, 6.45) is 3.15. The van der Waals surface area contributed by atoms with Crippen LogP contribution in [-0.4, -0.2) is 29.2 Å². The SMILES string of the molecule is O=C1c2ccccc2-c2ccc(N(c3ccc(CCCO)cc3)c3ccc(CCCO)cc3)cc21. The maximum atomic E-state index is 13.2. The van der Waals surface area contributed by atoms with E-state index in [1.807, 2.05) is 36.4 Å². The van der Waals surface area contributed by atoms with E-state index in [9.17, 15) is 4.79 Å². The van der Waals surface area contributed by atoms with Gasteiger partial charge >= 0.3 is 0 Å². The summed E-state index contributed by atoms with van der Waals surface area (Å²) in [7, 11) is 0. The standard InChI is InChI=1S/C31H29NO3/c33-19-3-5-22-9-13-24(14-10-22)32(25-15-11-23(12-16-25)6-4-20-34)26-17-18-28-27-7-1-2-8-29(27)31(35)30(28)21-26/h1-2,7-18,21,33-34H,3-6,19-20H2. The minimum absolute atomic E-state index is 0.0658. The Bertz CT molecular complexity index is 1270. The highest BCUT2D eigenvalue weighted by atomic mass is 16.3. The lowest BCUT2D eigenvalue weighted by Gasteiger charge is -2.26. The van der Waals surface area contributed by atoms with Crippen LogP contribution in [0.15, 0.2) is 91.0 Å². The molecular weight excluding hydrogens is 434 g/mol. The van der Waals surface area contributed by atoms with Crippen LogP contribution in [0.5, 0.6) is 0 Å². The molecule has 0 spiro atoms. The van der Waals surface area contributed by atoms with E-state index in [0.717, 1.165) is 65.0 Å². The zero-order valence-electron chi connectivity index (χ0n) is 19.7. The van der Waals surface area contributed by atoms with Gasteiger partial charge in [0.2, 0.25) is 0 Å². The number of carbonyl (C=O) groups excluding carboxylic acids is 1. The van der Waals surface area contributed by atoms with Crippen molar-refractivity contribution in [1.82, 2.24) is 0 Å². The Kier molecular flexibility index (Phi) is 6.75. The van der Waals surface area contributed by atoms with Crippen molar-refractivity contribution in [2.75, 3.05) is 18.1 Å². The molecule has 5 rings (SSSR count). The Balaban J connectivity index is 1.55. The fraction of sp³-hybridized carbons (Fsp3) is 0.194. The number of hydrogen-bond acceptors (Lipinski definition) is 4. The first-order valence-corrected chi connectivity index (χ1v) is 12.2. The molecule has 0 saturated carbocycles. The van der Waals surface area contributed by atoms with Crippen molar-refractivity contribution in [3.8, 4) is 11.1 Å². The van der Waals surface area contributed by atoms with Crippen molar-refractivity contribution in [1.29, 1.82) is 0 Å². The number of aliphatic hydroxyl groups excluding tert-OH is 2. The molecule has 0 fully saturated rings. The van der Waals surface area contributed by atoms with Gasteiger partial charge in [-0.05, 0) is 84.3 Å². The van der Waals surface area contributed by atoms with Crippen LogP contribution in [0.1, 0.15) is 39.9 Å². The van der Waals surface area contributed by atoms with Crippen LogP contribution in [-0.2, 0) is 12.8 Å². The molecule has 0 aromatic heterocycles. The van der Waals surface area contributed by atoms with Crippen molar-refractivity contribution in [2.24, 2.45) is 0 Å².